The van der Waals surface area contributed by atoms with E-state index in [-0.39, 0.29) is 5.92 Å². The van der Waals surface area contributed by atoms with Gasteiger partial charge in [-0.25, -0.2) is 4.79 Å². The summed E-state index contributed by atoms with van der Waals surface area (Å²) in [5, 5.41) is 2.73. The van der Waals surface area contributed by atoms with Crippen molar-refractivity contribution >= 4 is 22.0 Å². The smallest absolute Gasteiger partial charge is 0.412 e. The summed E-state index contributed by atoms with van der Waals surface area (Å²) in [4.78, 5) is 11.8. The standard InChI is InChI=1S/C14H16BrNO3/c1-14(2,3)19-13(17)16-12-8-18-7-9-4-5-10(15)6-11(9)12/h4-8,11H,1-3H3,(H,16,17). The quantitative estimate of drug-likeness (QED) is 0.799. The fraction of sp³-hybridized carbons (Fsp3) is 0.357. The van der Waals surface area contributed by atoms with Crippen molar-refractivity contribution in [2.75, 3.05) is 0 Å². The molecule has 0 spiro atoms. The molecule has 1 amide bonds. The van der Waals surface area contributed by atoms with Crippen molar-refractivity contribution in [2.45, 2.75) is 26.4 Å². The van der Waals surface area contributed by atoms with E-state index in [9.17, 15) is 4.79 Å². The third-order valence-corrected chi connectivity index (χ3v) is 3.03. The number of carbonyl (C=O) groups excluding carboxylic acids is 1. The Morgan fingerprint density at radius 2 is 2.11 bits per heavy atom. The number of hydrogen-bond acceptors (Lipinski definition) is 3. The van der Waals surface area contributed by atoms with Gasteiger partial charge < -0.3 is 9.47 Å². The van der Waals surface area contributed by atoms with Crippen molar-refractivity contribution in [2.24, 2.45) is 5.92 Å². The Morgan fingerprint density at radius 3 is 2.79 bits per heavy atom. The molecule has 4 nitrogen and oxygen atoms in total. The van der Waals surface area contributed by atoms with Crippen molar-refractivity contribution < 1.29 is 14.3 Å². The molecule has 0 saturated carbocycles. The Hall–Kier alpha value is -1.49. The molecule has 2 aliphatic rings. The average Bonchev–Trinajstić information content (AvgIpc) is 2.27. The van der Waals surface area contributed by atoms with Crippen molar-refractivity contribution in [3.8, 4) is 0 Å². The monoisotopic (exact) mass is 325 g/mol. The molecule has 1 aliphatic heterocycles. The highest BCUT2D eigenvalue weighted by atomic mass is 79.9. The van der Waals surface area contributed by atoms with E-state index in [4.69, 9.17) is 9.47 Å². The van der Waals surface area contributed by atoms with Gasteiger partial charge in [0.15, 0.2) is 0 Å². The number of rotatable bonds is 1. The lowest BCUT2D eigenvalue weighted by molar-refractivity contribution is 0.0540. The van der Waals surface area contributed by atoms with Gasteiger partial charge in [-0.15, -0.1) is 0 Å². The Balaban J connectivity index is 2.07. The van der Waals surface area contributed by atoms with E-state index in [0.717, 1.165) is 10.1 Å². The van der Waals surface area contributed by atoms with Crippen LogP contribution in [0.25, 0.3) is 0 Å². The van der Waals surface area contributed by atoms with E-state index in [1.54, 1.807) is 6.26 Å². The third-order valence-electron chi connectivity index (χ3n) is 2.50. The van der Waals surface area contributed by atoms with Gasteiger partial charge in [0.05, 0.1) is 12.0 Å². The van der Waals surface area contributed by atoms with Gasteiger partial charge in [-0.1, -0.05) is 28.1 Å². The second-order valence-corrected chi connectivity index (χ2v) is 6.23. The first-order valence-electron chi connectivity index (χ1n) is 5.96. The van der Waals surface area contributed by atoms with Crippen LogP contribution >= 0.6 is 15.9 Å². The summed E-state index contributed by atoms with van der Waals surface area (Å²) in [6, 6.07) is 0. The largest absolute Gasteiger partial charge is 0.470 e. The predicted octanol–water partition coefficient (Wildman–Crippen LogP) is 3.73. The molecule has 0 aromatic heterocycles. The molecular formula is C14H16BrNO3. The molecule has 1 aliphatic carbocycles. The van der Waals surface area contributed by atoms with Crippen LogP contribution in [0.4, 0.5) is 4.79 Å². The number of hydrogen-bond donors (Lipinski definition) is 1. The van der Waals surface area contributed by atoms with Crippen LogP contribution in [-0.2, 0) is 9.47 Å². The summed E-state index contributed by atoms with van der Waals surface area (Å²) in [6.45, 7) is 5.47. The van der Waals surface area contributed by atoms with Gasteiger partial charge >= 0.3 is 6.09 Å². The molecule has 19 heavy (non-hydrogen) atoms. The molecule has 0 aromatic carbocycles. The Morgan fingerprint density at radius 1 is 1.37 bits per heavy atom. The second-order valence-electron chi connectivity index (χ2n) is 5.32. The number of allylic oxidation sites excluding steroid dienone is 4. The molecule has 1 N–H and O–H groups in total. The fourth-order valence-electron chi connectivity index (χ4n) is 1.76. The molecule has 2 rings (SSSR count). The summed E-state index contributed by atoms with van der Waals surface area (Å²) in [5.41, 5.74) is 1.12. The minimum absolute atomic E-state index is 0.0272. The summed E-state index contributed by atoms with van der Waals surface area (Å²) >= 11 is 3.43. The molecular weight excluding hydrogens is 310 g/mol. The first kappa shape index (κ1) is 13.9. The van der Waals surface area contributed by atoms with Gasteiger partial charge in [0.1, 0.15) is 11.9 Å². The average molecular weight is 326 g/mol. The highest BCUT2D eigenvalue weighted by Crippen LogP contribution is 2.32. The van der Waals surface area contributed by atoms with Crippen molar-refractivity contribution in [1.82, 2.24) is 5.32 Å². The highest BCUT2D eigenvalue weighted by molar-refractivity contribution is 9.11. The summed E-state index contributed by atoms with van der Waals surface area (Å²) in [5.74, 6) is -0.0272. The number of ether oxygens (including phenoxy) is 2. The maximum Gasteiger partial charge on any atom is 0.412 e. The summed E-state index contributed by atoms with van der Waals surface area (Å²) in [6.07, 6.45) is 8.58. The normalized spacial score (nSPS) is 21.5. The lowest BCUT2D eigenvalue weighted by Gasteiger charge is -2.26. The van der Waals surface area contributed by atoms with E-state index in [1.165, 1.54) is 6.26 Å². The summed E-state index contributed by atoms with van der Waals surface area (Å²) in [7, 11) is 0. The van der Waals surface area contributed by atoms with Crippen LogP contribution in [-0.4, -0.2) is 11.7 Å². The van der Waals surface area contributed by atoms with Gasteiger partial charge in [-0.3, -0.25) is 5.32 Å². The van der Waals surface area contributed by atoms with Gasteiger partial charge in [0.25, 0.3) is 0 Å². The molecule has 1 heterocycles. The zero-order valence-electron chi connectivity index (χ0n) is 11.1. The van der Waals surface area contributed by atoms with Gasteiger partial charge in [0, 0.05) is 16.0 Å². The van der Waals surface area contributed by atoms with E-state index in [0.29, 0.717) is 5.70 Å². The topological polar surface area (TPSA) is 47.6 Å². The zero-order chi connectivity index (χ0) is 14.0. The first-order valence-corrected chi connectivity index (χ1v) is 6.75. The number of amides is 1. The first-order chi connectivity index (χ1) is 8.85. The van der Waals surface area contributed by atoms with Crippen molar-refractivity contribution in [3.63, 3.8) is 0 Å². The lowest BCUT2D eigenvalue weighted by atomic mass is 9.92. The molecule has 0 aromatic rings. The molecule has 0 fully saturated rings. The molecule has 102 valence electrons. The molecule has 0 radical (unpaired) electrons. The minimum atomic E-state index is -0.526. The number of carbonyl (C=O) groups is 1. The Bertz CT molecular complexity index is 509. The Kier molecular flexibility index (Phi) is 3.85. The molecule has 1 atom stereocenters. The third kappa shape index (κ3) is 3.73. The van der Waals surface area contributed by atoms with E-state index in [1.807, 2.05) is 39.0 Å². The molecule has 5 heteroatoms. The van der Waals surface area contributed by atoms with Gasteiger partial charge in [0.2, 0.25) is 0 Å². The minimum Gasteiger partial charge on any atom is -0.470 e. The van der Waals surface area contributed by atoms with E-state index < -0.39 is 11.7 Å². The number of halogens is 1. The fourth-order valence-corrected chi connectivity index (χ4v) is 2.16. The van der Waals surface area contributed by atoms with Crippen LogP contribution in [0.2, 0.25) is 0 Å². The van der Waals surface area contributed by atoms with Crippen molar-refractivity contribution in [3.05, 3.63) is 46.5 Å². The Labute approximate surface area is 121 Å². The van der Waals surface area contributed by atoms with Gasteiger partial charge in [-0.05, 0) is 26.8 Å². The second kappa shape index (κ2) is 5.25. The van der Waals surface area contributed by atoms with Crippen LogP contribution in [0.15, 0.2) is 46.5 Å². The van der Waals surface area contributed by atoms with E-state index >= 15 is 0 Å². The maximum atomic E-state index is 11.8. The van der Waals surface area contributed by atoms with E-state index in [2.05, 4.69) is 21.2 Å². The van der Waals surface area contributed by atoms with Crippen LogP contribution < -0.4 is 5.32 Å². The lowest BCUT2D eigenvalue weighted by Crippen LogP contribution is -2.34. The number of alkyl carbamates (subject to hydrolysis) is 1. The van der Waals surface area contributed by atoms with Crippen LogP contribution in [0.5, 0.6) is 0 Å². The summed E-state index contributed by atoms with van der Waals surface area (Å²) < 4.78 is 11.4. The highest BCUT2D eigenvalue weighted by Gasteiger charge is 2.25. The zero-order valence-corrected chi connectivity index (χ0v) is 12.7. The molecule has 1 unspecified atom stereocenters. The van der Waals surface area contributed by atoms with Crippen molar-refractivity contribution in [1.29, 1.82) is 0 Å². The van der Waals surface area contributed by atoms with Crippen LogP contribution in [0, 0.1) is 5.92 Å². The maximum absolute atomic E-state index is 11.8. The predicted molar refractivity (Wildman–Crippen MR) is 76.3 cm³/mol. The molecule has 0 saturated heterocycles. The van der Waals surface area contributed by atoms with Gasteiger partial charge in [-0.2, -0.15) is 0 Å². The SMILES string of the molecule is CC(C)(C)OC(=O)NC1=COC=C2C=CC(Br)=CC21. The number of fused-ring (bicyclic) bond motifs is 1. The number of nitrogens with one attached hydrogen (secondary N) is 1. The van der Waals surface area contributed by atoms with Crippen LogP contribution in [0.1, 0.15) is 20.8 Å². The molecule has 0 bridgehead atoms. The van der Waals surface area contributed by atoms with Crippen LogP contribution in [0.3, 0.4) is 0 Å².